The van der Waals surface area contributed by atoms with Gasteiger partial charge in [-0.2, -0.15) is 16.8 Å². The maximum absolute atomic E-state index is 12.2. The van der Waals surface area contributed by atoms with Gasteiger partial charge in [-0.3, -0.25) is 13.9 Å². The number of carbonyl (C=O) groups is 1. The molecule has 64 heavy (non-hydrogen) atoms. The number of anilines is 1. The summed E-state index contributed by atoms with van der Waals surface area (Å²) >= 11 is 0. The fraction of sp³-hybridized carbons (Fsp3) is 0.556. The quantitative estimate of drug-likeness (QED) is 0.0469. The molecule has 0 spiro atoms. The van der Waals surface area contributed by atoms with Gasteiger partial charge in [-0.05, 0) is 66.8 Å². The Morgan fingerprint density at radius 2 is 1.42 bits per heavy atom. The summed E-state index contributed by atoms with van der Waals surface area (Å²) in [7, 11) is -5.60. The molecule has 4 rings (SSSR count). The lowest BCUT2D eigenvalue weighted by Gasteiger charge is -2.23. The van der Waals surface area contributed by atoms with Gasteiger partial charge in [-0.1, -0.05) is 32.9 Å². The average molecular weight is 938 g/mol. The highest BCUT2D eigenvalue weighted by molar-refractivity contribution is 7.86. The Morgan fingerprint density at radius 1 is 0.812 bits per heavy atom. The average Bonchev–Trinajstić information content (AvgIpc) is 3.51. The predicted molar refractivity (Wildman–Crippen MR) is 242 cm³/mol. The molecule has 0 aromatic heterocycles. The second kappa shape index (κ2) is 25.6. The van der Waals surface area contributed by atoms with Crippen molar-refractivity contribution in [1.82, 2.24) is 4.58 Å². The summed E-state index contributed by atoms with van der Waals surface area (Å²) in [5.74, 6) is -0.603. The summed E-state index contributed by atoms with van der Waals surface area (Å²) in [4.78, 5) is 13.1. The zero-order chi connectivity index (χ0) is 46.8. The van der Waals surface area contributed by atoms with E-state index < -0.39 is 37.9 Å². The number of aliphatic carboxylic acids is 1. The number of carboxylic acids is 1. The zero-order valence-electron chi connectivity index (χ0n) is 37.5. The summed E-state index contributed by atoms with van der Waals surface area (Å²) in [6.45, 7) is 12.1. The van der Waals surface area contributed by atoms with Crippen LogP contribution in [0.4, 0.5) is 5.69 Å². The first kappa shape index (κ1) is 52.6. The van der Waals surface area contributed by atoms with Crippen LogP contribution in [0.3, 0.4) is 0 Å². The van der Waals surface area contributed by atoms with Crippen molar-refractivity contribution >= 4 is 38.0 Å². The monoisotopic (exact) mass is 937 g/mol. The van der Waals surface area contributed by atoms with E-state index in [4.69, 9.17) is 32.8 Å². The maximum atomic E-state index is 12.2. The molecule has 2 heterocycles. The number of fused-ring (bicyclic) bond motifs is 2. The van der Waals surface area contributed by atoms with Crippen molar-refractivity contribution in [1.29, 1.82) is 0 Å². The van der Waals surface area contributed by atoms with Gasteiger partial charge < -0.3 is 42.8 Å². The van der Waals surface area contributed by atoms with E-state index >= 15 is 0 Å². The Bertz CT molecular complexity index is 2260. The number of rotatable bonds is 29. The maximum Gasteiger partial charge on any atom is 0.303 e. The molecule has 356 valence electrons. The molecule has 19 heteroatoms. The molecule has 0 saturated carbocycles. The third-order valence-corrected chi connectivity index (χ3v) is 12.0. The highest BCUT2D eigenvalue weighted by Crippen LogP contribution is 2.47. The van der Waals surface area contributed by atoms with Gasteiger partial charge in [0.2, 0.25) is 5.36 Å². The number of allylic oxidation sites excluding steroid dienone is 3. The van der Waals surface area contributed by atoms with Crippen LogP contribution in [0.5, 0.6) is 0 Å². The van der Waals surface area contributed by atoms with E-state index in [0.29, 0.717) is 108 Å². The third kappa shape index (κ3) is 17.1. The van der Waals surface area contributed by atoms with Crippen molar-refractivity contribution in [2.24, 2.45) is 0 Å². The Hall–Kier alpha value is -4.02. The summed E-state index contributed by atoms with van der Waals surface area (Å²) in [5.41, 5.74) is 3.10. The van der Waals surface area contributed by atoms with Gasteiger partial charge in [0.15, 0.2) is 13.1 Å². The first-order valence-electron chi connectivity index (χ1n) is 21.3. The summed E-state index contributed by atoms with van der Waals surface area (Å²) in [5, 5.41) is 10.3. The van der Waals surface area contributed by atoms with Crippen LogP contribution < -0.4 is 14.8 Å². The summed E-state index contributed by atoms with van der Waals surface area (Å²) < 4.78 is 109. The third-order valence-electron chi connectivity index (χ3n) is 10.3. The van der Waals surface area contributed by atoms with Crippen molar-refractivity contribution in [2.75, 3.05) is 111 Å². The number of ether oxygens (including phenoxy) is 6. The Morgan fingerprint density at radius 3 is 1.98 bits per heavy atom. The van der Waals surface area contributed by atoms with Gasteiger partial charge in [0.25, 0.3) is 20.2 Å². The molecule has 1 atom stereocenters. The molecule has 0 bridgehead atoms. The van der Waals surface area contributed by atoms with E-state index in [1.54, 1.807) is 20.3 Å². The number of carboxylic acid groups (broad SMARTS) is 1. The Balaban J connectivity index is 1.74. The molecule has 2 aliphatic heterocycles. The number of methoxy groups -OCH3 is 2. The first-order valence-corrected chi connectivity index (χ1v) is 24.4. The minimum atomic E-state index is -4.57. The molecular weight excluding hydrogens is 873 g/mol. The van der Waals surface area contributed by atoms with Crippen LogP contribution in [0, 0.1) is 0 Å². The lowest BCUT2D eigenvalue weighted by Crippen LogP contribution is -2.36. The van der Waals surface area contributed by atoms with E-state index in [1.165, 1.54) is 12.1 Å². The van der Waals surface area contributed by atoms with Gasteiger partial charge in [0, 0.05) is 61.5 Å². The van der Waals surface area contributed by atoms with Crippen LogP contribution in [0.1, 0.15) is 69.3 Å². The number of benzene rings is 2. The SMILES string of the molecule is COCCOCCOCC[N+](CCOCCOCCOC)=c1ccc2c(/C=C/C=C3/C(CCCC(=O)O)c4cc(S(=O)(=O)O)ccc4N3CCCS(=O)(=O)O)cc(C(C)(C)C)oc-2c1. The number of nitrogens with zero attached hydrogens (tertiary/aromatic N) is 2. The lowest BCUT2D eigenvalue weighted by molar-refractivity contribution is -0.137. The van der Waals surface area contributed by atoms with Crippen molar-refractivity contribution in [3.8, 4) is 11.3 Å². The van der Waals surface area contributed by atoms with Crippen molar-refractivity contribution in [2.45, 2.75) is 62.7 Å². The molecule has 0 amide bonds. The topological polar surface area (TPSA) is 221 Å². The minimum absolute atomic E-state index is 0.0468. The van der Waals surface area contributed by atoms with Gasteiger partial charge >= 0.3 is 5.97 Å². The molecule has 1 aromatic carbocycles. The predicted octanol–water partition coefficient (Wildman–Crippen LogP) is 5.09. The molecule has 3 N–H and O–H groups in total. The number of hydrogen-bond donors (Lipinski definition) is 3. The zero-order valence-corrected chi connectivity index (χ0v) is 39.2. The highest BCUT2D eigenvalue weighted by Gasteiger charge is 2.34. The second-order valence-corrected chi connectivity index (χ2v) is 19.2. The molecule has 17 nitrogen and oxygen atoms in total. The molecule has 3 aliphatic rings. The second-order valence-electron chi connectivity index (χ2n) is 16.2. The van der Waals surface area contributed by atoms with E-state index in [1.807, 2.05) is 47.4 Å². The van der Waals surface area contributed by atoms with Gasteiger partial charge in [0.05, 0.1) is 69.6 Å². The highest BCUT2D eigenvalue weighted by atomic mass is 32.2. The first-order chi connectivity index (χ1) is 30.4. The standard InChI is InChI=1S/C45H64N2O15S2/c1-45(2,3)43-31-34(37-15-13-35(32-42(37)62-43)46(18-20-58-26-28-60-24-22-56-4)19-21-59-27-29-61-25-23-57-5)9-6-11-40-38(10-7-12-44(48)49)39-33-36(64(53,54)55)14-16-41(39)47(40)17-8-30-63(50,51)52/h6,9,11,13-16,31-33,38H,7-8,10,12,17-30H2,1-5H3,(H2-,48,49,50,51,52,53,54,55)/p+1. The summed E-state index contributed by atoms with van der Waals surface area (Å²) in [6.07, 6.45) is 6.13. The van der Waals surface area contributed by atoms with Crippen molar-refractivity contribution in [3.05, 3.63) is 82.6 Å². The molecular formula is C45H65N2O15S2+. The van der Waals surface area contributed by atoms with E-state index in [-0.39, 0.29) is 36.1 Å². The van der Waals surface area contributed by atoms with Crippen LogP contribution in [-0.4, -0.2) is 143 Å². The lowest BCUT2D eigenvalue weighted by atomic mass is 9.90. The smallest absolute Gasteiger partial charge is 0.303 e. The van der Waals surface area contributed by atoms with E-state index in [0.717, 1.165) is 22.2 Å². The largest absolute Gasteiger partial charge is 0.481 e. The minimum Gasteiger partial charge on any atom is -0.481 e. The van der Waals surface area contributed by atoms with Gasteiger partial charge in [-0.15, -0.1) is 0 Å². The van der Waals surface area contributed by atoms with Crippen LogP contribution in [-0.2, 0) is 58.9 Å². The number of hydrogen-bond acceptors (Lipinski definition) is 13. The van der Waals surface area contributed by atoms with Gasteiger partial charge in [-0.25, -0.2) is 4.58 Å². The van der Waals surface area contributed by atoms with E-state index in [9.17, 15) is 35.8 Å². The fourth-order valence-electron chi connectivity index (χ4n) is 7.13. The molecule has 0 saturated heterocycles. The Kier molecular flexibility index (Phi) is 21.1. The Labute approximate surface area is 377 Å². The molecule has 0 radical (unpaired) electrons. The normalized spacial score (nSPS) is 15.2. The molecule has 0 fully saturated rings. The van der Waals surface area contributed by atoms with Crippen LogP contribution in [0.25, 0.3) is 17.4 Å². The van der Waals surface area contributed by atoms with E-state index in [2.05, 4.69) is 25.3 Å². The van der Waals surface area contributed by atoms with Crippen LogP contribution >= 0.6 is 0 Å². The molecule has 1 unspecified atom stereocenters. The van der Waals surface area contributed by atoms with Crippen molar-refractivity contribution in [3.63, 3.8) is 0 Å². The van der Waals surface area contributed by atoms with Gasteiger partial charge in [0.1, 0.15) is 24.7 Å². The molecule has 1 aromatic rings. The van der Waals surface area contributed by atoms with Crippen molar-refractivity contribution < 1.29 is 68.7 Å². The fourth-order valence-corrected chi connectivity index (χ4v) is 8.14. The molecule has 1 aliphatic carbocycles. The van der Waals surface area contributed by atoms with Crippen LogP contribution in [0.15, 0.2) is 69.6 Å². The van der Waals surface area contributed by atoms with Crippen LogP contribution in [0.2, 0.25) is 0 Å². The summed E-state index contributed by atoms with van der Waals surface area (Å²) in [6, 6.07) is 12.2.